The summed E-state index contributed by atoms with van der Waals surface area (Å²) in [6.07, 6.45) is 4.00. The first-order valence-corrected chi connectivity index (χ1v) is 12.6. The number of piperidine rings is 1. The van der Waals surface area contributed by atoms with E-state index in [9.17, 15) is 14.9 Å². The van der Waals surface area contributed by atoms with E-state index in [1.165, 1.54) is 11.8 Å². The number of thioether (sulfide) groups is 1. The third-order valence-corrected chi connectivity index (χ3v) is 7.91. The number of amides is 1. The average molecular weight is 493 g/mol. The molecule has 2 saturated heterocycles. The Bertz CT molecular complexity index is 1290. The Morgan fingerprint density at radius 3 is 2.59 bits per heavy atom. The van der Waals surface area contributed by atoms with Crippen LogP contribution in [0.5, 0.6) is 0 Å². The lowest BCUT2D eigenvalue weighted by Gasteiger charge is -2.35. The number of benzene rings is 1. The van der Waals surface area contributed by atoms with Gasteiger partial charge in [0.15, 0.2) is 0 Å². The lowest BCUT2D eigenvalue weighted by Crippen LogP contribution is -2.39. The Hall–Kier alpha value is -2.89. The van der Waals surface area contributed by atoms with Crippen LogP contribution >= 0.6 is 24.0 Å². The van der Waals surface area contributed by atoms with Crippen LogP contribution in [-0.4, -0.2) is 32.8 Å². The van der Waals surface area contributed by atoms with Crippen LogP contribution in [0.15, 0.2) is 34.0 Å². The van der Waals surface area contributed by atoms with Gasteiger partial charge in [0.05, 0.1) is 11.4 Å². The van der Waals surface area contributed by atoms with Crippen molar-refractivity contribution >= 4 is 46.1 Å². The van der Waals surface area contributed by atoms with Gasteiger partial charge in [0.2, 0.25) is 0 Å². The third-order valence-electron chi connectivity index (χ3n) is 6.53. The highest BCUT2D eigenvalue weighted by atomic mass is 32.2. The van der Waals surface area contributed by atoms with Gasteiger partial charge in [-0.15, -0.1) is 0 Å². The number of carbonyl (C=O) groups is 1. The molecule has 8 heteroatoms. The standard InChI is InChI=1S/C26H28N4O2S2/c1-16-7-9-19(10-8-16)15-30-25(32)22(34-26(30)33)12-20-18(3)21(13-27)24(31)28(4)23(20)29-11-5-6-17(2)14-29/h7-10,12,17H,5-6,11,14-15H2,1-4H3/b22-12+. The first-order chi connectivity index (χ1) is 16.2. The summed E-state index contributed by atoms with van der Waals surface area (Å²) in [5.41, 5.74) is 3.31. The molecule has 0 bridgehead atoms. The Balaban J connectivity index is 1.77. The second kappa shape index (κ2) is 9.77. The van der Waals surface area contributed by atoms with Crippen molar-refractivity contribution in [1.82, 2.24) is 9.47 Å². The first kappa shape index (κ1) is 24.2. The van der Waals surface area contributed by atoms with Gasteiger partial charge >= 0.3 is 0 Å². The smallest absolute Gasteiger partial charge is 0.270 e. The largest absolute Gasteiger partial charge is 0.357 e. The molecule has 176 valence electrons. The van der Waals surface area contributed by atoms with Crippen LogP contribution < -0.4 is 10.5 Å². The summed E-state index contributed by atoms with van der Waals surface area (Å²) < 4.78 is 2.07. The monoisotopic (exact) mass is 492 g/mol. The molecular formula is C26H28N4O2S2. The molecule has 0 radical (unpaired) electrons. The van der Waals surface area contributed by atoms with E-state index in [4.69, 9.17) is 12.2 Å². The highest BCUT2D eigenvalue weighted by Crippen LogP contribution is 2.37. The van der Waals surface area contributed by atoms with E-state index in [0.29, 0.717) is 27.3 Å². The molecule has 0 saturated carbocycles. The van der Waals surface area contributed by atoms with Crippen LogP contribution in [0.2, 0.25) is 0 Å². The van der Waals surface area contributed by atoms with Crippen molar-refractivity contribution in [3.63, 3.8) is 0 Å². The minimum absolute atomic E-state index is 0.109. The molecule has 4 rings (SSSR count). The van der Waals surface area contributed by atoms with Crippen molar-refractivity contribution in [2.45, 2.75) is 40.2 Å². The Morgan fingerprint density at radius 2 is 1.94 bits per heavy atom. The summed E-state index contributed by atoms with van der Waals surface area (Å²) in [4.78, 5) is 30.6. The van der Waals surface area contributed by atoms with E-state index in [-0.39, 0.29) is 17.0 Å². The quantitative estimate of drug-likeness (QED) is 0.462. The van der Waals surface area contributed by atoms with Crippen molar-refractivity contribution < 1.29 is 4.79 Å². The van der Waals surface area contributed by atoms with Gasteiger partial charge in [-0.25, -0.2) is 0 Å². The lowest BCUT2D eigenvalue weighted by molar-refractivity contribution is -0.122. The molecule has 0 N–H and O–H groups in total. The van der Waals surface area contributed by atoms with Gasteiger partial charge in [0.25, 0.3) is 11.5 Å². The molecule has 2 aliphatic heterocycles. The minimum atomic E-state index is -0.308. The summed E-state index contributed by atoms with van der Waals surface area (Å²) >= 11 is 6.81. The SMILES string of the molecule is Cc1ccc(CN2C(=O)/C(=C\c3c(C)c(C#N)c(=O)n(C)c3N3CCCC(C)C3)SC2=S)cc1. The number of nitriles is 1. The van der Waals surface area contributed by atoms with Gasteiger partial charge in [0.1, 0.15) is 21.8 Å². The van der Waals surface area contributed by atoms with Gasteiger partial charge in [-0.05, 0) is 49.8 Å². The third kappa shape index (κ3) is 4.55. The number of aromatic nitrogens is 1. The van der Waals surface area contributed by atoms with E-state index in [2.05, 4.69) is 17.9 Å². The van der Waals surface area contributed by atoms with Crippen molar-refractivity contribution in [3.05, 3.63) is 67.3 Å². The summed E-state index contributed by atoms with van der Waals surface area (Å²) in [5.74, 6) is 1.11. The van der Waals surface area contributed by atoms with Crippen molar-refractivity contribution in [2.24, 2.45) is 13.0 Å². The fraction of sp³-hybridized carbons (Fsp3) is 0.385. The van der Waals surface area contributed by atoms with Crippen LogP contribution in [0, 0.1) is 31.1 Å². The van der Waals surface area contributed by atoms with Crippen LogP contribution in [0.25, 0.3) is 6.08 Å². The molecule has 2 aliphatic rings. The number of thiocarbonyl (C=S) groups is 1. The molecular weight excluding hydrogens is 464 g/mol. The van der Waals surface area contributed by atoms with Crippen molar-refractivity contribution in [2.75, 3.05) is 18.0 Å². The second-order valence-corrected chi connectivity index (χ2v) is 10.8. The van der Waals surface area contributed by atoms with Gasteiger partial charge in [-0.2, -0.15) is 5.26 Å². The zero-order valence-corrected chi connectivity index (χ0v) is 21.6. The highest BCUT2D eigenvalue weighted by Gasteiger charge is 2.33. The fourth-order valence-corrected chi connectivity index (χ4v) is 5.86. The number of rotatable bonds is 4. The summed E-state index contributed by atoms with van der Waals surface area (Å²) in [7, 11) is 1.71. The van der Waals surface area contributed by atoms with Crippen molar-refractivity contribution in [3.8, 4) is 6.07 Å². The normalized spacial score (nSPS) is 19.7. The second-order valence-electron chi connectivity index (χ2n) is 9.16. The Morgan fingerprint density at radius 1 is 1.24 bits per heavy atom. The van der Waals surface area contributed by atoms with Gasteiger partial charge < -0.3 is 4.90 Å². The zero-order chi connectivity index (χ0) is 24.6. The number of aryl methyl sites for hydroxylation is 1. The van der Waals surface area contributed by atoms with Gasteiger partial charge in [0, 0.05) is 25.7 Å². The molecule has 2 aromatic rings. The number of hydrogen-bond acceptors (Lipinski definition) is 6. The average Bonchev–Trinajstić information content (AvgIpc) is 3.06. The number of pyridine rings is 1. The molecule has 1 amide bonds. The first-order valence-electron chi connectivity index (χ1n) is 11.4. The highest BCUT2D eigenvalue weighted by molar-refractivity contribution is 8.26. The summed E-state index contributed by atoms with van der Waals surface area (Å²) in [5, 5.41) is 9.67. The lowest BCUT2D eigenvalue weighted by atomic mass is 9.98. The molecule has 1 aromatic heterocycles. The van der Waals surface area contributed by atoms with E-state index in [1.807, 2.05) is 37.3 Å². The Labute approximate surface area is 209 Å². The molecule has 2 fully saturated rings. The molecule has 1 unspecified atom stereocenters. The molecule has 1 atom stereocenters. The number of carbonyl (C=O) groups excluding carboxylic acids is 1. The zero-order valence-electron chi connectivity index (χ0n) is 19.9. The maximum absolute atomic E-state index is 13.4. The Kier molecular flexibility index (Phi) is 6.96. The van der Waals surface area contributed by atoms with E-state index in [1.54, 1.807) is 23.4 Å². The number of hydrogen-bond donors (Lipinski definition) is 0. The van der Waals surface area contributed by atoms with E-state index >= 15 is 0 Å². The predicted molar refractivity (Wildman–Crippen MR) is 142 cm³/mol. The maximum Gasteiger partial charge on any atom is 0.270 e. The van der Waals surface area contributed by atoms with Crippen LogP contribution in [0.4, 0.5) is 5.82 Å². The molecule has 6 nitrogen and oxygen atoms in total. The number of nitrogens with zero attached hydrogens (tertiary/aromatic N) is 4. The summed E-state index contributed by atoms with van der Waals surface area (Å²) in [6.45, 7) is 8.09. The molecule has 3 heterocycles. The van der Waals surface area contributed by atoms with Gasteiger partial charge in [-0.1, -0.05) is 60.7 Å². The molecule has 1 aromatic carbocycles. The summed E-state index contributed by atoms with van der Waals surface area (Å²) in [6, 6.07) is 10.1. The molecule has 0 aliphatic carbocycles. The van der Waals surface area contributed by atoms with E-state index in [0.717, 1.165) is 48.4 Å². The van der Waals surface area contributed by atoms with E-state index < -0.39 is 0 Å². The van der Waals surface area contributed by atoms with Gasteiger partial charge in [-0.3, -0.25) is 19.1 Å². The van der Waals surface area contributed by atoms with Crippen LogP contribution in [-0.2, 0) is 18.4 Å². The number of anilines is 1. The van der Waals surface area contributed by atoms with Crippen LogP contribution in [0.3, 0.4) is 0 Å². The molecule has 34 heavy (non-hydrogen) atoms. The fourth-order valence-electron chi connectivity index (χ4n) is 4.62. The molecule has 0 spiro atoms. The maximum atomic E-state index is 13.4. The van der Waals surface area contributed by atoms with Crippen molar-refractivity contribution in [1.29, 1.82) is 5.26 Å². The minimum Gasteiger partial charge on any atom is -0.357 e. The van der Waals surface area contributed by atoms with Crippen LogP contribution in [0.1, 0.15) is 47.6 Å². The topological polar surface area (TPSA) is 69.3 Å². The predicted octanol–water partition coefficient (Wildman–Crippen LogP) is 4.51.